The molecule has 0 bridgehead atoms. The average molecular weight is 258 g/mol. The van der Waals surface area contributed by atoms with Gasteiger partial charge < -0.3 is 5.32 Å². The summed E-state index contributed by atoms with van der Waals surface area (Å²) in [7, 11) is 0. The lowest BCUT2D eigenvalue weighted by Gasteiger charge is -2.12. The maximum atomic E-state index is 4.40. The molecule has 1 aliphatic carbocycles. The van der Waals surface area contributed by atoms with Crippen LogP contribution in [0.5, 0.6) is 0 Å². The molecule has 18 heavy (non-hydrogen) atoms. The molecular formula is C15H18N2S. The van der Waals surface area contributed by atoms with E-state index in [0.29, 0.717) is 6.04 Å². The fourth-order valence-electron chi connectivity index (χ4n) is 2.59. The van der Waals surface area contributed by atoms with Crippen LogP contribution < -0.4 is 5.32 Å². The van der Waals surface area contributed by atoms with E-state index in [1.165, 1.54) is 33.9 Å². The van der Waals surface area contributed by atoms with Crippen LogP contribution in [0.1, 0.15) is 40.4 Å². The molecule has 1 aromatic heterocycles. The Morgan fingerprint density at radius 2 is 2.28 bits per heavy atom. The van der Waals surface area contributed by atoms with Crippen molar-refractivity contribution in [1.29, 1.82) is 0 Å². The van der Waals surface area contributed by atoms with Gasteiger partial charge in [0.25, 0.3) is 0 Å². The number of fused-ring (bicyclic) bond motifs is 1. The molecule has 1 atom stereocenters. The molecule has 1 N–H and O–H groups in total. The number of hydrogen-bond acceptors (Lipinski definition) is 3. The zero-order valence-electron chi connectivity index (χ0n) is 10.6. The standard InChI is InChI=1S/C15H18N2S/c1-2-15-17-10-12(18-15)9-16-14-8-7-11-5-3-4-6-13(11)14/h3-6,10,14,16H,2,7-9H2,1H3. The monoisotopic (exact) mass is 258 g/mol. The molecule has 0 aliphatic heterocycles. The third kappa shape index (κ3) is 2.33. The Balaban J connectivity index is 1.65. The summed E-state index contributed by atoms with van der Waals surface area (Å²) in [5, 5.41) is 4.90. The third-order valence-electron chi connectivity index (χ3n) is 3.56. The summed E-state index contributed by atoms with van der Waals surface area (Å²) >= 11 is 1.82. The van der Waals surface area contributed by atoms with E-state index in [1.807, 2.05) is 17.5 Å². The van der Waals surface area contributed by atoms with Crippen molar-refractivity contribution >= 4 is 11.3 Å². The van der Waals surface area contributed by atoms with E-state index in [-0.39, 0.29) is 0 Å². The SMILES string of the molecule is CCc1ncc(CNC2CCc3ccccc32)s1. The van der Waals surface area contributed by atoms with Crippen LogP contribution in [0.25, 0.3) is 0 Å². The van der Waals surface area contributed by atoms with Crippen LogP contribution in [0.2, 0.25) is 0 Å². The minimum Gasteiger partial charge on any atom is -0.305 e. The first-order valence-electron chi connectivity index (χ1n) is 6.61. The predicted molar refractivity (Wildman–Crippen MR) is 75.8 cm³/mol. The molecule has 1 aromatic carbocycles. The molecule has 1 aliphatic rings. The van der Waals surface area contributed by atoms with Gasteiger partial charge in [-0.05, 0) is 30.4 Å². The van der Waals surface area contributed by atoms with Gasteiger partial charge in [0.2, 0.25) is 0 Å². The Bertz CT molecular complexity index is 533. The van der Waals surface area contributed by atoms with Crippen LogP contribution in [0.4, 0.5) is 0 Å². The van der Waals surface area contributed by atoms with Gasteiger partial charge in [0.15, 0.2) is 0 Å². The third-order valence-corrected chi connectivity index (χ3v) is 4.70. The van der Waals surface area contributed by atoms with Gasteiger partial charge in [0.1, 0.15) is 0 Å². The van der Waals surface area contributed by atoms with Gasteiger partial charge in [0, 0.05) is 23.7 Å². The molecule has 1 heterocycles. The van der Waals surface area contributed by atoms with Gasteiger partial charge in [-0.15, -0.1) is 11.3 Å². The lowest BCUT2D eigenvalue weighted by atomic mass is 10.1. The van der Waals surface area contributed by atoms with Crippen LogP contribution in [0.3, 0.4) is 0 Å². The zero-order valence-corrected chi connectivity index (χ0v) is 11.5. The summed E-state index contributed by atoms with van der Waals surface area (Å²) < 4.78 is 0. The molecule has 0 radical (unpaired) electrons. The number of rotatable bonds is 4. The summed E-state index contributed by atoms with van der Waals surface area (Å²) in [6, 6.07) is 9.30. The van der Waals surface area contributed by atoms with Crippen LogP contribution in [0.15, 0.2) is 30.5 Å². The van der Waals surface area contributed by atoms with Crippen molar-refractivity contribution in [2.75, 3.05) is 0 Å². The van der Waals surface area contributed by atoms with Crippen LogP contribution in [0, 0.1) is 0 Å². The first-order valence-corrected chi connectivity index (χ1v) is 7.43. The molecule has 0 saturated heterocycles. The molecule has 0 amide bonds. The van der Waals surface area contributed by atoms with Crippen LogP contribution >= 0.6 is 11.3 Å². The summed E-state index contributed by atoms with van der Waals surface area (Å²) in [6.07, 6.45) is 5.48. The molecule has 3 heteroatoms. The lowest BCUT2D eigenvalue weighted by molar-refractivity contribution is 0.533. The summed E-state index contributed by atoms with van der Waals surface area (Å²) in [6.45, 7) is 3.10. The van der Waals surface area contributed by atoms with Gasteiger partial charge in [-0.25, -0.2) is 4.98 Å². The van der Waals surface area contributed by atoms with Crippen molar-refractivity contribution < 1.29 is 0 Å². The first-order chi connectivity index (χ1) is 8.86. The number of nitrogens with one attached hydrogen (secondary N) is 1. The van der Waals surface area contributed by atoms with Gasteiger partial charge in [-0.2, -0.15) is 0 Å². The second-order valence-corrected chi connectivity index (χ2v) is 5.94. The molecular weight excluding hydrogens is 240 g/mol. The molecule has 0 fully saturated rings. The van der Waals surface area contributed by atoms with E-state index >= 15 is 0 Å². The lowest BCUT2D eigenvalue weighted by Crippen LogP contribution is -2.17. The number of aromatic nitrogens is 1. The highest BCUT2D eigenvalue weighted by Gasteiger charge is 2.21. The largest absolute Gasteiger partial charge is 0.305 e. The van der Waals surface area contributed by atoms with Crippen molar-refractivity contribution in [1.82, 2.24) is 10.3 Å². The van der Waals surface area contributed by atoms with E-state index in [2.05, 4.69) is 41.5 Å². The van der Waals surface area contributed by atoms with Gasteiger partial charge in [-0.3, -0.25) is 0 Å². The second kappa shape index (κ2) is 5.21. The van der Waals surface area contributed by atoms with Crippen LogP contribution in [-0.4, -0.2) is 4.98 Å². The minimum atomic E-state index is 0.522. The van der Waals surface area contributed by atoms with E-state index in [1.54, 1.807) is 0 Å². The highest BCUT2D eigenvalue weighted by molar-refractivity contribution is 7.11. The molecule has 3 rings (SSSR count). The van der Waals surface area contributed by atoms with Crippen LogP contribution in [-0.2, 0) is 19.4 Å². The van der Waals surface area contributed by atoms with Crippen molar-refractivity contribution in [2.45, 2.75) is 38.8 Å². The van der Waals surface area contributed by atoms with E-state index in [4.69, 9.17) is 0 Å². The second-order valence-electron chi connectivity index (χ2n) is 4.74. The number of nitrogens with zero attached hydrogens (tertiary/aromatic N) is 1. The average Bonchev–Trinajstić information content (AvgIpc) is 3.03. The molecule has 0 saturated carbocycles. The predicted octanol–water partition coefficient (Wildman–Crippen LogP) is 3.48. The fourth-order valence-corrected chi connectivity index (χ4v) is 3.40. The Morgan fingerprint density at radius 1 is 1.39 bits per heavy atom. The molecule has 0 spiro atoms. The van der Waals surface area contributed by atoms with Crippen molar-refractivity contribution in [2.24, 2.45) is 0 Å². The molecule has 2 aromatic rings. The summed E-state index contributed by atoms with van der Waals surface area (Å²) in [4.78, 5) is 5.75. The number of benzene rings is 1. The zero-order chi connectivity index (χ0) is 12.4. The maximum absolute atomic E-state index is 4.40. The highest BCUT2D eigenvalue weighted by atomic mass is 32.1. The highest BCUT2D eigenvalue weighted by Crippen LogP contribution is 2.31. The number of hydrogen-bond donors (Lipinski definition) is 1. The van der Waals surface area contributed by atoms with Crippen molar-refractivity contribution in [3.63, 3.8) is 0 Å². The minimum absolute atomic E-state index is 0.522. The Hall–Kier alpha value is -1.19. The quantitative estimate of drug-likeness (QED) is 0.908. The smallest absolute Gasteiger partial charge is 0.0925 e. The number of aryl methyl sites for hydroxylation is 2. The van der Waals surface area contributed by atoms with Gasteiger partial charge in [-0.1, -0.05) is 31.2 Å². The normalized spacial score (nSPS) is 17.9. The van der Waals surface area contributed by atoms with E-state index in [9.17, 15) is 0 Å². The molecule has 94 valence electrons. The molecule has 1 unspecified atom stereocenters. The topological polar surface area (TPSA) is 24.9 Å². The van der Waals surface area contributed by atoms with Gasteiger partial charge >= 0.3 is 0 Å². The Kier molecular flexibility index (Phi) is 3.43. The Labute approximate surface area is 112 Å². The Morgan fingerprint density at radius 3 is 3.11 bits per heavy atom. The van der Waals surface area contributed by atoms with Gasteiger partial charge in [0.05, 0.1) is 5.01 Å². The number of thiazole rings is 1. The van der Waals surface area contributed by atoms with Crippen molar-refractivity contribution in [3.8, 4) is 0 Å². The summed E-state index contributed by atoms with van der Waals surface area (Å²) in [5.41, 5.74) is 2.99. The summed E-state index contributed by atoms with van der Waals surface area (Å²) in [5.74, 6) is 0. The maximum Gasteiger partial charge on any atom is 0.0925 e. The van der Waals surface area contributed by atoms with E-state index in [0.717, 1.165) is 13.0 Å². The molecule has 2 nitrogen and oxygen atoms in total. The first kappa shape index (κ1) is 11.9. The van der Waals surface area contributed by atoms with E-state index < -0.39 is 0 Å². The van der Waals surface area contributed by atoms with Crippen molar-refractivity contribution in [3.05, 3.63) is 51.5 Å². The fraction of sp³-hybridized carbons (Fsp3) is 0.400.